The summed E-state index contributed by atoms with van der Waals surface area (Å²) in [5.41, 5.74) is 9.11. The maximum Gasteiger partial charge on any atom is 0.0615 e. The number of nitrogens with two attached hydrogens (primary N) is 1. The molecule has 0 aliphatic heterocycles. The average Bonchev–Trinajstić information content (AvgIpc) is 2.43. The number of rotatable bonds is 7. The summed E-state index contributed by atoms with van der Waals surface area (Å²) in [6.07, 6.45) is 0. The molecule has 1 rings (SSSR count). The predicted octanol–water partition coefficient (Wildman–Crippen LogP) is 3.34. The molecule has 21 heavy (non-hydrogen) atoms. The predicted molar refractivity (Wildman–Crippen MR) is 90.7 cm³/mol. The van der Waals surface area contributed by atoms with Crippen LogP contribution < -0.4 is 5.73 Å². The lowest BCUT2D eigenvalue weighted by Crippen LogP contribution is -2.40. The highest BCUT2D eigenvalue weighted by Gasteiger charge is 2.18. The van der Waals surface area contributed by atoms with Crippen molar-refractivity contribution in [2.24, 2.45) is 5.73 Å². The van der Waals surface area contributed by atoms with Gasteiger partial charge in [-0.25, -0.2) is 0 Å². The zero-order valence-electron chi connectivity index (χ0n) is 14.5. The van der Waals surface area contributed by atoms with Crippen LogP contribution in [-0.4, -0.2) is 37.7 Å². The van der Waals surface area contributed by atoms with Crippen LogP contribution in [0.3, 0.4) is 0 Å². The fourth-order valence-corrected chi connectivity index (χ4v) is 2.56. The number of likely N-dealkylation sites (N-methyl/N-ethyl adjacent to an activating group) is 1. The van der Waals surface area contributed by atoms with Crippen LogP contribution in [0.25, 0.3) is 0 Å². The van der Waals surface area contributed by atoms with Gasteiger partial charge in [0.05, 0.1) is 6.61 Å². The van der Waals surface area contributed by atoms with E-state index in [1.54, 1.807) is 7.11 Å². The highest BCUT2D eigenvalue weighted by atomic mass is 16.5. The molecule has 120 valence electrons. The van der Waals surface area contributed by atoms with E-state index < -0.39 is 0 Å². The summed E-state index contributed by atoms with van der Waals surface area (Å²) in [6.45, 7) is 13.6. The minimum Gasteiger partial charge on any atom is -0.383 e. The summed E-state index contributed by atoms with van der Waals surface area (Å²) >= 11 is 0. The van der Waals surface area contributed by atoms with Gasteiger partial charge in [-0.15, -0.1) is 0 Å². The van der Waals surface area contributed by atoms with E-state index in [-0.39, 0.29) is 11.5 Å². The fourth-order valence-electron chi connectivity index (χ4n) is 2.56. The molecular formula is C18H32N2O. The molecular weight excluding hydrogens is 260 g/mol. The van der Waals surface area contributed by atoms with E-state index in [9.17, 15) is 0 Å². The lowest BCUT2D eigenvalue weighted by Gasteiger charge is -2.30. The average molecular weight is 292 g/mol. The second-order valence-corrected chi connectivity index (χ2v) is 6.87. The zero-order valence-corrected chi connectivity index (χ0v) is 14.5. The number of benzene rings is 1. The lowest BCUT2D eigenvalue weighted by molar-refractivity contribution is 0.0986. The second-order valence-electron chi connectivity index (χ2n) is 6.87. The first-order valence-electron chi connectivity index (χ1n) is 7.88. The first kappa shape index (κ1) is 18.1. The summed E-state index contributed by atoms with van der Waals surface area (Å²) in [6, 6.07) is 9.16. The third-order valence-electron chi connectivity index (χ3n) is 4.07. The first-order valence-corrected chi connectivity index (χ1v) is 7.88. The van der Waals surface area contributed by atoms with Crippen LogP contribution in [0.1, 0.15) is 51.8 Å². The van der Waals surface area contributed by atoms with Crippen molar-refractivity contribution in [1.29, 1.82) is 0 Å². The van der Waals surface area contributed by atoms with Crippen molar-refractivity contribution < 1.29 is 4.74 Å². The van der Waals surface area contributed by atoms with Gasteiger partial charge >= 0.3 is 0 Å². The van der Waals surface area contributed by atoms with Crippen LogP contribution in [0.15, 0.2) is 24.3 Å². The minimum absolute atomic E-state index is 0.0401. The van der Waals surface area contributed by atoms with E-state index in [2.05, 4.69) is 63.8 Å². The van der Waals surface area contributed by atoms with Crippen molar-refractivity contribution in [3.05, 3.63) is 35.4 Å². The van der Waals surface area contributed by atoms with Crippen LogP contribution in [0.2, 0.25) is 0 Å². The van der Waals surface area contributed by atoms with Crippen LogP contribution >= 0.6 is 0 Å². The lowest BCUT2D eigenvalue weighted by atomic mass is 9.86. The van der Waals surface area contributed by atoms with Crippen LogP contribution in [0, 0.1) is 0 Å². The van der Waals surface area contributed by atoms with Crippen molar-refractivity contribution in [2.75, 3.05) is 26.8 Å². The molecule has 0 heterocycles. The Labute approximate surface area is 130 Å². The highest BCUT2D eigenvalue weighted by molar-refractivity contribution is 5.29. The molecule has 0 aromatic heterocycles. The molecule has 0 spiro atoms. The Morgan fingerprint density at radius 3 is 2.19 bits per heavy atom. The normalized spacial score (nSPS) is 15.2. The van der Waals surface area contributed by atoms with Gasteiger partial charge in [-0.05, 0) is 30.0 Å². The zero-order chi connectivity index (χ0) is 16.0. The van der Waals surface area contributed by atoms with Crippen molar-refractivity contribution in [3.8, 4) is 0 Å². The molecule has 0 fully saturated rings. The van der Waals surface area contributed by atoms with E-state index in [4.69, 9.17) is 10.5 Å². The van der Waals surface area contributed by atoms with E-state index in [1.807, 2.05) is 0 Å². The van der Waals surface area contributed by atoms with Crippen LogP contribution in [-0.2, 0) is 10.2 Å². The Morgan fingerprint density at radius 1 is 1.19 bits per heavy atom. The molecule has 2 atom stereocenters. The molecule has 2 N–H and O–H groups in total. The van der Waals surface area contributed by atoms with Crippen molar-refractivity contribution in [3.63, 3.8) is 0 Å². The standard InChI is InChI=1S/C18H32N2O/c1-7-20(14(2)13-21-6)12-17(19)15-8-10-16(11-9-15)18(3,4)5/h8-11,14,17H,7,12-13,19H2,1-6H3. The summed E-state index contributed by atoms with van der Waals surface area (Å²) in [7, 11) is 1.75. The largest absolute Gasteiger partial charge is 0.383 e. The van der Waals surface area contributed by atoms with E-state index in [0.717, 1.165) is 19.7 Å². The Bertz CT molecular complexity index is 408. The van der Waals surface area contributed by atoms with E-state index in [0.29, 0.717) is 6.04 Å². The third-order valence-corrected chi connectivity index (χ3v) is 4.07. The number of hydrogen-bond acceptors (Lipinski definition) is 3. The van der Waals surface area contributed by atoms with E-state index in [1.165, 1.54) is 11.1 Å². The van der Waals surface area contributed by atoms with Crippen LogP contribution in [0.4, 0.5) is 0 Å². The smallest absolute Gasteiger partial charge is 0.0615 e. The molecule has 0 aliphatic carbocycles. The van der Waals surface area contributed by atoms with Gasteiger partial charge in [0.15, 0.2) is 0 Å². The van der Waals surface area contributed by atoms with Crippen molar-refractivity contribution >= 4 is 0 Å². The molecule has 1 aromatic rings. The molecule has 0 bridgehead atoms. The number of methoxy groups -OCH3 is 1. The summed E-state index contributed by atoms with van der Waals surface area (Å²) < 4.78 is 5.24. The summed E-state index contributed by atoms with van der Waals surface area (Å²) in [4.78, 5) is 2.37. The number of nitrogens with zero attached hydrogens (tertiary/aromatic N) is 1. The molecule has 0 amide bonds. The molecule has 3 heteroatoms. The summed E-state index contributed by atoms with van der Waals surface area (Å²) in [5.74, 6) is 0. The molecule has 0 saturated heterocycles. The number of hydrogen-bond donors (Lipinski definition) is 1. The van der Waals surface area contributed by atoms with Gasteiger partial charge in [-0.1, -0.05) is 52.0 Å². The Morgan fingerprint density at radius 2 is 1.76 bits per heavy atom. The Hall–Kier alpha value is -0.900. The van der Waals surface area contributed by atoms with Gasteiger partial charge in [0, 0.05) is 25.7 Å². The second kappa shape index (κ2) is 7.92. The van der Waals surface area contributed by atoms with Crippen molar-refractivity contribution in [2.45, 2.75) is 52.1 Å². The van der Waals surface area contributed by atoms with Gasteiger partial charge in [0.25, 0.3) is 0 Å². The quantitative estimate of drug-likeness (QED) is 0.837. The van der Waals surface area contributed by atoms with Gasteiger partial charge in [-0.3, -0.25) is 4.90 Å². The topological polar surface area (TPSA) is 38.5 Å². The van der Waals surface area contributed by atoms with Gasteiger partial charge in [0.2, 0.25) is 0 Å². The fraction of sp³-hybridized carbons (Fsp3) is 0.667. The third kappa shape index (κ3) is 5.42. The molecule has 0 saturated carbocycles. The maximum atomic E-state index is 6.38. The monoisotopic (exact) mass is 292 g/mol. The highest BCUT2D eigenvalue weighted by Crippen LogP contribution is 2.23. The Kier molecular flexibility index (Phi) is 6.85. The van der Waals surface area contributed by atoms with Crippen molar-refractivity contribution in [1.82, 2.24) is 4.90 Å². The number of ether oxygens (including phenoxy) is 1. The van der Waals surface area contributed by atoms with Gasteiger partial charge in [0.1, 0.15) is 0 Å². The molecule has 1 aromatic carbocycles. The van der Waals surface area contributed by atoms with Gasteiger partial charge < -0.3 is 10.5 Å². The molecule has 2 unspecified atom stereocenters. The Balaban J connectivity index is 2.72. The SMILES string of the molecule is CCN(CC(N)c1ccc(C(C)(C)C)cc1)C(C)COC. The molecule has 0 radical (unpaired) electrons. The van der Waals surface area contributed by atoms with Crippen LogP contribution in [0.5, 0.6) is 0 Å². The van der Waals surface area contributed by atoms with E-state index >= 15 is 0 Å². The molecule has 3 nitrogen and oxygen atoms in total. The first-order chi connectivity index (χ1) is 9.79. The van der Waals surface area contributed by atoms with Gasteiger partial charge in [-0.2, -0.15) is 0 Å². The molecule has 0 aliphatic rings. The summed E-state index contributed by atoms with van der Waals surface area (Å²) in [5, 5.41) is 0. The minimum atomic E-state index is 0.0401. The maximum absolute atomic E-state index is 6.38.